The van der Waals surface area contributed by atoms with Crippen LogP contribution in [0.1, 0.15) is 324 Å². The van der Waals surface area contributed by atoms with Crippen molar-refractivity contribution in [2.24, 2.45) is 142 Å². The van der Waals surface area contributed by atoms with Gasteiger partial charge in [-0.3, -0.25) is 38.4 Å². The van der Waals surface area contributed by atoms with E-state index in [1.165, 1.54) is 96.0 Å². The fraction of sp³-hybridized carbons (Fsp3) is 0.643. The van der Waals surface area contributed by atoms with E-state index in [1.54, 1.807) is 48.6 Å². The molecule has 0 N–H and O–H groups in total. The van der Waals surface area contributed by atoms with Crippen molar-refractivity contribution in [3.05, 3.63) is 190 Å². The smallest absolute Gasteiger partial charge is 0.155 e. The molecule has 0 amide bonds. The Morgan fingerprint density at radius 1 is 0.192 bits per heavy atom. The molecule has 0 saturated heterocycles. The molecule has 0 spiro atoms. The summed E-state index contributed by atoms with van der Waals surface area (Å²) >= 11 is 0. The maximum absolute atomic E-state index is 11.2. The molecule has 0 radical (unpaired) electrons. The van der Waals surface area contributed by atoms with E-state index in [4.69, 9.17) is 0 Å². The van der Waals surface area contributed by atoms with Gasteiger partial charge in [-0.2, -0.15) is 0 Å². The van der Waals surface area contributed by atoms with Crippen molar-refractivity contribution in [3.63, 3.8) is 0 Å². The Labute approximate surface area is 737 Å². The first-order chi connectivity index (χ1) is 56.3. The maximum atomic E-state index is 11.2. The second-order valence-corrected chi connectivity index (χ2v) is 38.5. The van der Waals surface area contributed by atoms with Crippen LogP contribution in [0.2, 0.25) is 0 Å². The molecule has 8 rings (SSSR count). The number of hydrogen-bond acceptors (Lipinski definition) is 8. The first-order valence-corrected chi connectivity index (χ1v) is 47.4. The molecular weight excluding hydrogens is 1470 g/mol. The predicted molar refractivity (Wildman–Crippen MR) is 517 cm³/mol. The van der Waals surface area contributed by atoms with Crippen molar-refractivity contribution in [1.82, 2.24) is 0 Å². The highest BCUT2D eigenvalue weighted by Crippen LogP contribution is 2.41. The summed E-state index contributed by atoms with van der Waals surface area (Å²) in [5.74, 6) is 15.9. The molecule has 0 heterocycles. The number of rotatable bonds is 24. The summed E-state index contributed by atoms with van der Waals surface area (Å²) in [5, 5.41) is 0. The van der Waals surface area contributed by atoms with E-state index in [0.717, 1.165) is 0 Å². The van der Waals surface area contributed by atoms with E-state index in [2.05, 4.69) is 263 Å². The summed E-state index contributed by atoms with van der Waals surface area (Å²) in [6.45, 7) is 69.0. The van der Waals surface area contributed by atoms with Crippen molar-refractivity contribution >= 4 is 46.3 Å². The van der Waals surface area contributed by atoms with Gasteiger partial charge >= 0.3 is 0 Å². The molecule has 8 heteroatoms. The molecule has 24 unspecified atom stereocenters. The lowest BCUT2D eigenvalue weighted by atomic mass is 9.75. The van der Waals surface area contributed by atoms with E-state index in [0.29, 0.717) is 193 Å². The zero-order valence-electron chi connectivity index (χ0n) is 82.3. The minimum atomic E-state index is 0.237. The Hall–Kier alpha value is -6.80. The fourth-order valence-electron chi connectivity index (χ4n) is 19.9. The van der Waals surface area contributed by atoms with E-state index in [9.17, 15) is 38.4 Å². The minimum absolute atomic E-state index is 0.237. The van der Waals surface area contributed by atoms with Crippen LogP contribution in [0.3, 0.4) is 0 Å². The van der Waals surface area contributed by atoms with Gasteiger partial charge in [0, 0.05) is 51.4 Å². The molecule has 24 atom stereocenters. The lowest BCUT2D eigenvalue weighted by Gasteiger charge is -2.30. The number of carbonyl (C=O) groups is 8. The van der Waals surface area contributed by atoms with Crippen LogP contribution in [0.25, 0.3) is 0 Å². The molecule has 8 aliphatic carbocycles. The summed E-state index contributed by atoms with van der Waals surface area (Å²) in [6, 6.07) is 0. The van der Waals surface area contributed by atoms with Crippen LogP contribution in [0.15, 0.2) is 190 Å². The van der Waals surface area contributed by atoms with Gasteiger partial charge in [-0.15, -0.1) is 0 Å². The van der Waals surface area contributed by atoms with Crippen LogP contribution in [-0.2, 0) is 38.4 Å². The van der Waals surface area contributed by atoms with Gasteiger partial charge in [-0.05, 0) is 297 Å². The Bertz CT molecular complexity index is 3010. The monoisotopic (exact) mass is 1650 g/mol. The second-order valence-electron chi connectivity index (χ2n) is 38.5. The molecule has 120 heavy (non-hydrogen) atoms. The van der Waals surface area contributed by atoms with Crippen molar-refractivity contribution in [1.29, 1.82) is 0 Å². The van der Waals surface area contributed by atoms with Gasteiger partial charge < -0.3 is 0 Å². The van der Waals surface area contributed by atoms with E-state index in [1.807, 2.05) is 55.4 Å². The van der Waals surface area contributed by atoms with E-state index in [-0.39, 0.29) is 46.3 Å². The van der Waals surface area contributed by atoms with Gasteiger partial charge in [0.2, 0.25) is 0 Å². The van der Waals surface area contributed by atoms with Gasteiger partial charge in [0.05, 0.1) is 0 Å². The average molecular weight is 1650 g/mol. The molecule has 0 aromatic rings. The van der Waals surface area contributed by atoms with Crippen LogP contribution < -0.4 is 0 Å². The van der Waals surface area contributed by atoms with Crippen LogP contribution >= 0.6 is 0 Å². The quantitative estimate of drug-likeness (QED) is 0.0688. The highest BCUT2D eigenvalue weighted by atomic mass is 16.1. The first kappa shape index (κ1) is 111. The summed E-state index contributed by atoms with van der Waals surface area (Å²) in [6.07, 6.45) is 64.0. The van der Waals surface area contributed by atoms with Gasteiger partial charge in [0.15, 0.2) is 46.3 Å². The third-order valence-corrected chi connectivity index (χ3v) is 26.5. The lowest BCUT2D eigenvalue weighted by Crippen LogP contribution is -2.21. The zero-order valence-corrected chi connectivity index (χ0v) is 82.3. The van der Waals surface area contributed by atoms with Crippen LogP contribution in [0, 0.1) is 142 Å². The van der Waals surface area contributed by atoms with Gasteiger partial charge in [-0.25, -0.2) is 0 Å². The molecule has 0 saturated carbocycles. The largest absolute Gasteiger partial charge is 0.295 e. The highest BCUT2D eigenvalue weighted by Gasteiger charge is 2.31. The summed E-state index contributed by atoms with van der Waals surface area (Å²) in [7, 11) is 0. The van der Waals surface area contributed by atoms with Gasteiger partial charge in [-0.1, -0.05) is 308 Å². The molecule has 0 bridgehead atoms. The average Bonchev–Trinajstić information content (AvgIpc) is 0.905. The first-order valence-electron chi connectivity index (χ1n) is 47.4. The number of hydrogen-bond donors (Lipinski definition) is 0. The molecule has 0 aromatic heterocycles. The van der Waals surface area contributed by atoms with E-state index < -0.39 is 0 Å². The topological polar surface area (TPSA) is 137 Å². The van der Waals surface area contributed by atoms with Gasteiger partial charge in [0.1, 0.15) is 0 Å². The summed E-state index contributed by atoms with van der Waals surface area (Å²) < 4.78 is 0. The van der Waals surface area contributed by atoms with Crippen molar-refractivity contribution < 1.29 is 38.4 Å². The van der Waals surface area contributed by atoms with Crippen molar-refractivity contribution in [2.45, 2.75) is 324 Å². The third kappa shape index (κ3) is 43.0. The van der Waals surface area contributed by atoms with E-state index >= 15 is 0 Å². The molecular formula is C112H176O8. The standard InChI is InChI=1S/8C14H22O/c8*1-5-13(15)6-7-14-11(3)8-10(2)9-12(14)4/h8*6-8,11-12,14H,5,9H2,1-4H3. The SMILES string of the molecule is CCC(=O)C=CC1C(C)C=C(C)CC1C.CCC(=O)C=CC1C(C)C=C(C)CC1C.CCC(=O)C=CC1C(C)C=C(C)CC1C.CCC(=O)C=CC1C(C)C=C(C)CC1C.CCC(=O)C=CC1C(C)C=C(C)CC1C.CCC(=O)C=CC1C(C)C=C(C)CC1C.CCC(=O)C=CC1C(C)C=C(C)CC1C.CCC(=O)C=CC1C(C)C=C(C)CC1C. The maximum Gasteiger partial charge on any atom is 0.155 e. The van der Waals surface area contributed by atoms with Crippen LogP contribution in [-0.4, -0.2) is 46.3 Å². The van der Waals surface area contributed by atoms with Crippen LogP contribution in [0.4, 0.5) is 0 Å². The molecule has 8 aliphatic rings. The lowest BCUT2D eigenvalue weighted by molar-refractivity contribution is -0.115. The second kappa shape index (κ2) is 59.1. The van der Waals surface area contributed by atoms with Crippen LogP contribution in [0.5, 0.6) is 0 Å². The Kier molecular flexibility index (Phi) is 54.8. The molecule has 0 fully saturated rings. The number of carbonyl (C=O) groups excluding carboxylic acids is 8. The highest BCUT2D eigenvalue weighted by molar-refractivity contribution is 5.92. The number of ketones is 8. The Balaban J connectivity index is 0.000000686. The summed E-state index contributed by atoms with van der Waals surface area (Å²) in [4.78, 5) is 89.8. The molecule has 0 aromatic carbocycles. The zero-order chi connectivity index (χ0) is 91.4. The van der Waals surface area contributed by atoms with Crippen molar-refractivity contribution in [2.75, 3.05) is 0 Å². The molecule has 0 aliphatic heterocycles. The van der Waals surface area contributed by atoms with Crippen molar-refractivity contribution in [3.8, 4) is 0 Å². The Morgan fingerprint density at radius 2 is 0.275 bits per heavy atom. The molecule has 672 valence electrons. The normalized spacial score (nSPS) is 31.7. The predicted octanol–water partition coefficient (Wildman–Crippen LogP) is 30.1. The fourth-order valence-corrected chi connectivity index (χ4v) is 19.9. The minimum Gasteiger partial charge on any atom is -0.295 e. The third-order valence-electron chi connectivity index (χ3n) is 26.5. The summed E-state index contributed by atoms with van der Waals surface area (Å²) in [5.41, 5.74) is 11.9. The Morgan fingerprint density at radius 3 is 0.342 bits per heavy atom. The van der Waals surface area contributed by atoms with Gasteiger partial charge in [0.25, 0.3) is 0 Å². The number of allylic oxidation sites excluding steroid dienone is 32. The molecule has 8 nitrogen and oxygen atoms in total.